The number of nitrogens with one attached hydrogen (secondary N) is 3. The third-order valence-electron chi connectivity index (χ3n) is 8.15. The van der Waals surface area contributed by atoms with Crippen LogP contribution in [0.25, 0.3) is 11.2 Å². The fraction of sp³-hybridized carbons (Fsp3) is 0.517. The van der Waals surface area contributed by atoms with Crippen molar-refractivity contribution in [2.45, 2.75) is 57.3 Å². The number of anilines is 1. The normalized spacial score (nSPS) is 21.0. The van der Waals surface area contributed by atoms with Gasteiger partial charge in [-0.05, 0) is 17.7 Å². The number of carbonyl (C=O) groups excluding carboxylic acids is 3. The number of ether oxygens (including phenoxy) is 1. The number of aliphatic hydroxyl groups is 2. The Bertz CT molecular complexity index is 2120. The molecule has 4 rings (SSSR count). The molecule has 3 amide bonds. The Labute approximate surface area is 333 Å². The zero-order valence-corrected chi connectivity index (χ0v) is 33.5. The number of rotatable bonds is 21. The Morgan fingerprint density at radius 1 is 0.949 bits per heavy atom. The van der Waals surface area contributed by atoms with Gasteiger partial charge in [0, 0.05) is 37.5 Å². The van der Waals surface area contributed by atoms with Crippen LogP contribution in [0, 0.1) is 5.41 Å². The number of nitrogens with zero attached hydrogens (tertiary/aromatic N) is 4. The van der Waals surface area contributed by atoms with E-state index in [1.54, 1.807) is 0 Å². The average molecular weight is 897 g/mol. The topological polar surface area (TPSA) is 427 Å². The number of amides is 3. The number of fused-ring (bicyclic) bond motifs is 1. The summed E-state index contributed by atoms with van der Waals surface area (Å²) < 4.78 is 60.5. The minimum Gasteiger partial charge on any atom is -0.790 e. The molecule has 0 radical (unpaired) electrons. The van der Waals surface area contributed by atoms with Crippen LogP contribution in [0.1, 0.15) is 32.1 Å². The van der Waals surface area contributed by atoms with Crippen molar-refractivity contribution < 1.29 is 90.7 Å². The molecule has 3 heterocycles. The summed E-state index contributed by atoms with van der Waals surface area (Å²) in [6.07, 6.45) is -7.94. The van der Waals surface area contributed by atoms with E-state index in [0.29, 0.717) is 5.56 Å². The molecule has 1 saturated heterocycles. The number of aliphatic hydroxyl groups excluding tert-OH is 2. The Balaban J connectivity index is 1.21. The predicted octanol–water partition coefficient (Wildman–Crippen LogP) is -4.35. The van der Waals surface area contributed by atoms with Crippen LogP contribution in [-0.4, -0.2) is 115 Å². The minimum atomic E-state index is -5.94. The van der Waals surface area contributed by atoms with Crippen molar-refractivity contribution in [1.29, 1.82) is 0 Å². The molecule has 0 bridgehead atoms. The van der Waals surface area contributed by atoms with E-state index in [1.165, 1.54) is 26.0 Å². The standard InChI is InChI=1S/C29H43N8O19P3/c1-29(2,24(43)27(44)33-4-3-19(40)31-5-6-32-20(41)9-15-7-16(38)10-17(39)8-15)12-53-59(50,51)56-58(48,49)52-11-18-23(55-57(45,46)47)22(42)28(54-18)37-14-36-21-25(30)34-13-35-26(21)37/h7-8,10,13-14,18,22-24,28,38-39,42-43H,3-6,9,11-12H2,1-2H3,(H,31,40)(H,32,41)(H,33,44)(H,48,49)(H,50,51)(H2,30,34,35)(H2,45,46,47)/p-4/t18-,22-,23-,24+,28-/m1/s1. The smallest absolute Gasteiger partial charge is 0.274 e. The second-order valence-electron chi connectivity index (χ2n) is 13.4. The highest BCUT2D eigenvalue weighted by molar-refractivity contribution is 7.59. The minimum absolute atomic E-state index is 0.00469. The van der Waals surface area contributed by atoms with Crippen molar-refractivity contribution in [1.82, 2.24) is 35.5 Å². The molecule has 0 spiro atoms. The van der Waals surface area contributed by atoms with E-state index in [9.17, 15) is 68.1 Å². The van der Waals surface area contributed by atoms with Crippen molar-refractivity contribution >= 4 is 58.2 Å². The zero-order valence-electron chi connectivity index (χ0n) is 30.8. The van der Waals surface area contributed by atoms with E-state index in [4.69, 9.17) is 10.5 Å². The Morgan fingerprint density at radius 3 is 2.22 bits per heavy atom. The summed E-state index contributed by atoms with van der Waals surface area (Å²) in [7, 11) is -17.7. The van der Waals surface area contributed by atoms with Gasteiger partial charge in [0.05, 0.1) is 33.8 Å². The molecule has 2 unspecified atom stereocenters. The number of nitrogen functional groups attached to an aromatic ring is 1. The number of aromatic nitrogens is 4. The van der Waals surface area contributed by atoms with Crippen molar-refractivity contribution in [3.05, 3.63) is 36.4 Å². The molecule has 328 valence electrons. The Hall–Kier alpha value is -4.17. The van der Waals surface area contributed by atoms with Crippen molar-refractivity contribution in [3.8, 4) is 11.5 Å². The van der Waals surface area contributed by atoms with E-state index in [2.05, 4.69) is 48.8 Å². The third-order valence-corrected chi connectivity index (χ3v) is 11.2. The highest BCUT2D eigenvalue weighted by Gasteiger charge is 2.47. The summed E-state index contributed by atoms with van der Waals surface area (Å²) in [5.74, 6) is -2.60. The molecule has 3 aromatic rings. The van der Waals surface area contributed by atoms with Gasteiger partial charge in [-0.25, -0.2) is 19.3 Å². The van der Waals surface area contributed by atoms with E-state index < -0.39 is 90.5 Å². The SMILES string of the molecule is CC(C)(COP(=O)([O-])OP(=O)([O-])OC[C@H]1O[C@@H](n2cnc3c(N)ncnc32)[C@H](O)[C@@H]1OP(=O)([O-])[O-])[C@@H](O)C(=O)NCCC(=O)NCCNC(=O)Cc1cc(O)cc(O)c1. The molecule has 0 saturated carbocycles. The second-order valence-corrected chi connectivity index (χ2v) is 17.4. The van der Waals surface area contributed by atoms with Gasteiger partial charge in [-0.3, -0.25) is 28.1 Å². The molecular weight excluding hydrogens is 857 g/mol. The number of phosphoric ester groups is 3. The van der Waals surface area contributed by atoms with Crippen LogP contribution >= 0.6 is 23.5 Å². The summed E-state index contributed by atoms with van der Waals surface area (Å²) in [5, 5.41) is 47.6. The highest BCUT2D eigenvalue weighted by atomic mass is 31.3. The van der Waals surface area contributed by atoms with Gasteiger partial charge in [0.2, 0.25) is 17.7 Å². The summed E-state index contributed by atoms with van der Waals surface area (Å²) >= 11 is 0. The van der Waals surface area contributed by atoms with Crippen molar-refractivity contribution in [2.24, 2.45) is 5.41 Å². The maximum atomic E-state index is 12.5. The molecule has 9 N–H and O–H groups in total. The van der Waals surface area contributed by atoms with Gasteiger partial charge < -0.3 is 84.6 Å². The van der Waals surface area contributed by atoms with Gasteiger partial charge in [0.15, 0.2) is 17.7 Å². The molecule has 59 heavy (non-hydrogen) atoms. The van der Waals surface area contributed by atoms with Gasteiger partial charge >= 0.3 is 0 Å². The molecule has 27 nitrogen and oxygen atoms in total. The fourth-order valence-corrected chi connectivity index (χ4v) is 8.06. The molecule has 1 aliphatic rings. The van der Waals surface area contributed by atoms with Gasteiger partial charge in [-0.1, -0.05) is 13.8 Å². The maximum absolute atomic E-state index is 12.5. The number of phenolic OH excluding ortho intramolecular Hbond substituents is 2. The van der Waals surface area contributed by atoms with E-state index in [-0.39, 0.29) is 61.0 Å². The summed E-state index contributed by atoms with van der Waals surface area (Å²) in [6, 6.07) is 3.70. The van der Waals surface area contributed by atoms with Gasteiger partial charge in [-0.15, -0.1) is 0 Å². The quantitative estimate of drug-likeness (QED) is 0.0370. The number of hydrogen-bond acceptors (Lipinski definition) is 23. The predicted molar refractivity (Wildman–Crippen MR) is 187 cm³/mol. The molecule has 1 fully saturated rings. The fourth-order valence-electron chi connectivity index (χ4n) is 5.33. The van der Waals surface area contributed by atoms with Gasteiger partial charge in [0.1, 0.15) is 47.8 Å². The number of benzene rings is 1. The number of phosphoric acid groups is 3. The summed E-state index contributed by atoms with van der Waals surface area (Å²) in [4.78, 5) is 96.2. The molecule has 30 heteroatoms. The second kappa shape index (κ2) is 19.5. The van der Waals surface area contributed by atoms with Crippen LogP contribution in [0.3, 0.4) is 0 Å². The number of aromatic hydroxyl groups is 2. The molecule has 7 atom stereocenters. The van der Waals surface area contributed by atoms with Crippen molar-refractivity contribution in [2.75, 3.05) is 38.6 Å². The molecular formula is C29H39N8O19P3-4. The number of phenols is 2. The lowest BCUT2D eigenvalue weighted by atomic mass is 9.87. The highest BCUT2D eigenvalue weighted by Crippen LogP contribution is 2.56. The first-order valence-corrected chi connectivity index (χ1v) is 21.3. The van der Waals surface area contributed by atoms with E-state index >= 15 is 0 Å². The van der Waals surface area contributed by atoms with Crippen LogP contribution in [0.15, 0.2) is 30.9 Å². The molecule has 2 aromatic heterocycles. The first-order valence-electron chi connectivity index (χ1n) is 17.0. The van der Waals surface area contributed by atoms with E-state index in [0.717, 1.165) is 23.3 Å². The molecule has 1 aromatic carbocycles. The largest absolute Gasteiger partial charge is 0.790 e. The summed E-state index contributed by atoms with van der Waals surface area (Å²) in [5.41, 5.74) is 4.36. The van der Waals surface area contributed by atoms with Gasteiger partial charge in [0.25, 0.3) is 15.6 Å². The first-order chi connectivity index (χ1) is 27.4. The van der Waals surface area contributed by atoms with Crippen LogP contribution < -0.4 is 41.3 Å². The Kier molecular flexibility index (Phi) is 15.7. The lowest BCUT2D eigenvalue weighted by Crippen LogP contribution is -2.46. The van der Waals surface area contributed by atoms with Crippen LogP contribution in [0.4, 0.5) is 5.82 Å². The number of nitrogens with two attached hydrogens (primary N) is 1. The van der Waals surface area contributed by atoms with Crippen molar-refractivity contribution in [3.63, 3.8) is 0 Å². The number of hydrogen-bond donors (Lipinski definition) is 8. The average Bonchev–Trinajstić information content (AvgIpc) is 3.67. The van der Waals surface area contributed by atoms with Crippen LogP contribution in [-0.2, 0) is 57.1 Å². The molecule has 1 aliphatic heterocycles. The monoisotopic (exact) mass is 896 g/mol. The first kappa shape index (κ1) is 47.5. The maximum Gasteiger partial charge on any atom is 0.274 e. The lowest BCUT2D eigenvalue weighted by molar-refractivity contribution is -0.347. The number of imidazole rings is 1. The Morgan fingerprint density at radius 2 is 1.58 bits per heavy atom. The van der Waals surface area contributed by atoms with Gasteiger partial charge in [-0.2, -0.15) is 0 Å². The van der Waals surface area contributed by atoms with Crippen LogP contribution in [0.5, 0.6) is 11.5 Å². The summed E-state index contributed by atoms with van der Waals surface area (Å²) in [6.45, 7) is -0.237. The van der Waals surface area contributed by atoms with E-state index in [1.807, 2.05) is 0 Å². The lowest BCUT2D eigenvalue weighted by Gasteiger charge is -2.36. The van der Waals surface area contributed by atoms with Crippen LogP contribution in [0.2, 0.25) is 0 Å². The third kappa shape index (κ3) is 13.9. The number of carbonyl (C=O) groups is 3. The molecule has 0 aliphatic carbocycles. The zero-order chi connectivity index (χ0) is 43.9.